The van der Waals surface area contributed by atoms with Crippen molar-refractivity contribution in [2.75, 3.05) is 6.54 Å². The molecule has 2 aliphatic heterocycles. The van der Waals surface area contributed by atoms with Crippen LogP contribution in [-0.2, 0) is 6.42 Å². The van der Waals surface area contributed by atoms with Crippen LogP contribution in [0.2, 0.25) is 0 Å². The first-order valence-corrected chi connectivity index (χ1v) is 6.70. The zero-order valence-electron chi connectivity index (χ0n) is 9.07. The van der Waals surface area contributed by atoms with E-state index in [9.17, 15) is 0 Å². The third kappa shape index (κ3) is 1.70. The quantitative estimate of drug-likeness (QED) is 0.833. The molecule has 3 heterocycles. The lowest BCUT2D eigenvalue weighted by Gasteiger charge is -2.42. The molecule has 2 bridgehead atoms. The van der Waals surface area contributed by atoms with E-state index in [1.54, 1.807) is 11.5 Å². The second-order valence-corrected chi connectivity index (χ2v) is 5.49. The Kier molecular flexibility index (Phi) is 2.48. The van der Waals surface area contributed by atoms with Crippen LogP contribution in [0, 0.1) is 5.92 Å². The van der Waals surface area contributed by atoms with Gasteiger partial charge in [0.25, 0.3) is 0 Å². The van der Waals surface area contributed by atoms with Crippen molar-refractivity contribution in [2.45, 2.75) is 44.6 Å². The summed E-state index contributed by atoms with van der Waals surface area (Å²) in [7, 11) is 0. The molecule has 1 saturated carbocycles. The molecule has 4 heteroatoms. The number of nitrogens with zero attached hydrogens (tertiary/aromatic N) is 2. The molecular formula is C11H17N3S. The minimum Gasteiger partial charge on any atom is -0.313 e. The Labute approximate surface area is 94.5 Å². The van der Waals surface area contributed by atoms with Crippen molar-refractivity contribution in [3.63, 3.8) is 0 Å². The van der Waals surface area contributed by atoms with Gasteiger partial charge in [-0.2, -0.15) is 4.37 Å². The van der Waals surface area contributed by atoms with Gasteiger partial charge in [0.2, 0.25) is 0 Å². The van der Waals surface area contributed by atoms with Crippen LogP contribution in [0.3, 0.4) is 0 Å². The lowest BCUT2D eigenvalue weighted by atomic mass is 9.74. The molecule has 0 amide bonds. The fourth-order valence-electron chi connectivity index (χ4n) is 2.84. The SMILES string of the molecule is CCc1nsc([C@@H]2CC3CC[C@H]2NC3)n1. The van der Waals surface area contributed by atoms with E-state index in [0.29, 0.717) is 12.0 Å². The third-order valence-electron chi connectivity index (χ3n) is 3.74. The molecule has 3 atom stereocenters. The van der Waals surface area contributed by atoms with Gasteiger partial charge in [-0.15, -0.1) is 0 Å². The average molecular weight is 223 g/mol. The van der Waals surface area contributed by atoms with E-state index < -0.39 is 0 Å². The Hall–Kier alpha value is -0.480. The number of aromatic nitrogens is 2. The molecule has 3 aliphatic rings. The van der Waals surface area contributed by atoms with Crippen molar-refractivity contribution < 1.29 is 0 Å². The Bertz CT molecular complexity index is 341. The van der Waals surface area contributed by atoms with Crippen LogP contribution < -0.4 is 5.32 Å². The molecule has 1 unspecified atom stereocenters. The molecule has 2 saturated heterocycles. The average Bonchev–Trinajstić information content (AvgIpc) is 2.79. The molecule has 0 spiro atoms. The lowest BCUT2D eigenvalue weighted by Crippen LogP contribution is -2.48. The van der Waals surface area contributed by atoms with Crippen LogP contribution in [0.15, 0.2) is 0 Å². The zero-order chi connectivity index (χ0) is 10.3. The predicted octanol–water partition coefficient (Wildman–Crippen LogP) is 1.96. The minimum absolute atomic E-state index is 0.648. The summed E-state index contributed by atoms with van der Waals surface area (Å²) in [6.07, 6.45) is 5.03. The molecule has 3 nitrogen and oxygen atoms in total. The van der Waals surface area contributed by atoms with Crippen LogP contribution in [0.25, 0.3) is 0 Å². The Morgan fingerprint density at radius 2 is 2.40 bits per heavy atom. The summed E-state index contributed by atoms with van der Waals surface area (Å²) in [5.74, 6) is 2.56. The van der Waals surface area contributed by atoms with Gasteiger partial charge in [0.15, 0.2) is 0 Å². The summed E-state index contributed by atoms with van der Waals surface area (Å²) in [5.41, 5.74) is 0. The molecule has 1 aliphatic carbocycles. The van der Waals surface area contributed by atoms with Crippen molar-refractivity contribution in [3.8, 4) is 0 Å². The van der Waals surface area contributed by atoms with Crippen molar-refractivity contribution >= 4 is 11.5 Å². The van der Waals surface area contributed by atoms with E-state index in [4.69, 9.17) is 0 Å². The van der Waals surface area contributed by atoms with E-state index in [1.165, 1.54) is 30.8 Å². The standard InChI is InChI=1S/C11H17N3S/c1-2-10-13-11(15-14-10)8-5-7-3-4-9(8)12-6-7/h7-9,12H,2-6H2,1H3/t7?,8-,9-/m1/s1. The normalized spacial score (nSPS) is 34.6. The van der Waals surface area contributed by atoms with Crippen LogP contribution in [0.5, 0.6) is 0 Å². The van der Waals surface area contributed by atoms with Crippen molar-refractivity contribution in [2.24, 2.45) is 5.92 Å². The highest BCUT2D eigenvalue weighted by Gasteiger charge is 2.37. The van der Waals surface area contributed by atoms with Gasteiger partial charge in [0, 0.05) is 18.4 Å². The molecular weight excluding hydrogens is 206 g/mol. The molecule has 82 valence electrons. The molecule has 0 radical (unpaired) electrons. The summed E-state index contributed by atoms with van der Waals surface area (Å²) in [6.45, 7) is 3.34. The van der Waals surface area contributed by atoms with E-state index in [2.05, 4.69) is 21.6 Å². The van der Waals surface area contributed by atoms with Gasteiger partial charge in [0.1, 0.15) is 10.8 Å². The number of rotatable bonds is 2. The van der Waals surface area contributed by atoms with E-state index >= 15 is 0 Å². The number of aryl methyl sites for hydroxylation is 1. The number of fused-ring (bicyclic) bond motifs is 3. The monoisotopic (exact) mass is 223 g/mol. The zero-order valence-corrected chi connectivity index (χ0v) is 9.89. The fourth-order valence-corrected chi connectivity index (χ4v) is 3.75. The summed E-state index contributed by atoms with van der Waals surface area (Å²) < 4.78 is 4.40. The van der Waals surface area contributed by atoms with Gasteiger partial charge >= 0.3 is 0 Å². The van der Waals surface area contributed by atoms with Crippen LogP contribution in [0.1, 0.15) is 42.9 Å². The van der Waals surface area contributed by atoms with Gasteiger partial charge in [-0.25, -0.2) is 4.98 Å². The number of hydrogen-bond acceptors (Lipinski definition) is 4. The van der Waals surface area contributed by atoms with Gasteiger partial charge in [-0.3, -0.25) is 0 Å². The maximum absolute atomic E-state index is 4.64. The summed E-state index contributed by atoms with van der Waals surface area (Å²) in [6, 6.07) is 0.674. The molecule has 0 aromatic carbocycles. The van der Waals surface area contributed by atoms with Gasteiger partial charge in [-0.05, 0) is 43.3 Å². The summed E-state index contributed by atoms with van der Waals surface area (Å²) in [5, 5.41) is 4.91. The Morgan fingerprint density at radius 1 is 1.47 bits per heavy atom. The largest absolute Gasteiger partial charge is 0.313 e. The topological polar surface area (TPSA) is 37.8 Å². The first-order chi connectivity index (χ1) is 7.36. The highest BCUT2D eigenvalue weighted by molar-refractivity contribution is 7.05. The number of hydrogen-bond donors (Lipinski definition) is 1. The van der Waals surface area contributed by atoms with E-state index in [-0.39, 0.29) is 0 Å². The van der Waals surface area contributed by atoms with Gasteiger partial charge in [-0.1, -0.05) is 6.92 Å². The van der Waals surface area contributed by atoms with Gasteiger partial charge in [0.05, 0.1) is 0 Å². The highest BCUT2D eigenvalue weighted by atomic mass is 32.1. The highest BCUT2D eigenvalue weighted by Crippen LogP contribution is 2.40. The third-order valence-corrected chi connectivity index (χ3v) is 4.63. The van der Waals surface area contributed by atoms with E-state index in [1.807, 2.05) is 0 Å². The predicted molar refractivity (Wildman–Crippen MR) is 61.2 cm³/mol. The molecule has 4 rings (SSSR count). The number of nitrogens with one attached hydrogen (secondary N) is 1. The van der Waals surface area contributed by atoms with Crippen LogP contribution >= 0.6 is 11.5 Å². The van der Waals surface area contributed by atoms with Crippen molar-refractivity contribution in [3.05, 3.63) is 10.8 Å². The Balaban J connectivity index is 1.81. The second-order valence-electron chi connectivity index (χ2n) is 4.70. The van der Waals surface area contributed by atoms with Crippen molar-refractivity contribution in [1.82, 2.24) is 14.7 Å². The summed E-state index contributed by atoms with van der Waals surface area (Å²) >= 11 is 1.62. The number of piperidine rings is 2. The molecule has 1 aromatic rings. The minimum atomic E-state index is 0.648. The molecule has 1 aromatic heterocycles. The Morgan fingerprint density at radius 3 is 2.93 bits per heavy atom. The first-order valence-electron chi connectivity index (χ1n) is 5.92. The van der Waals surface area contributed by atoms with Crippen LogP contribution in [-0.4, -0.2) is 21.9 Å². The van der Waals surface area contributed by atoms with Crippen LogP contribution in [0.4, 0.5) is 0 Å². The molecule has 3 fully saturated rings. The first kappa shape index (κ1) is 9.73. The fraction of sp³-hybridized carbons (Fsp3) is 0.818. The molecule has 15 heavy (non-hydrogen) atoms. The lowest BCUT2D eigenvalue weighted by molar-refractivity contribution is 0.182. The van der Waals surface area contributed by atoms with Gasteiger partial charge < -0.3 is 5.32 Å². The van der Waals surface area contributed by atoms with Crippen molar-refractivity contribution in [1.29, 1.82) is 0 Å². The maximum atomic E-state index is 4.64. The maximum Gasteiger partial charge on any atom is 0.142 e. The smallest absolute Gasteiger partial charge is 0.142 e. The summed E-state index contributed by atoms with van der Waals surface area (Å²) in [4.78, 5) is 4.64. The second kappa shape index (κ2) is 3.83. The van der Waals surface area contributed by atoms with E-state index in [0.717, 1.165) is 18.2 Å². The molecule has 1 N–H and O–H groups in total.